The van der Waals surface area contributed by atoms with Crippen LogP contribution in [0.3, 0.4) is 0 Å². The molecule has 1 aromatic rings. The molecule has 1 aromatic carbocycles. The number of rotatable bonds is 6. The second-order valence-electron chi connectivity index (χ2n) is 5.94. The lowest BCUT2D eigenvalue weighted by Crippen LogP contribution is -2.31. The van der Waals surface area contributed by atoms with Crippen LogP contribution in [0.25, 0.3) is 0 Å². The third kappa shape index (κ3) is 5.35. The molecule has 1 aliphatic carbocycles. The van der Waals surface area contributed by atoms with Gasteiger partial charge in [0.15, 0.2) is 0 Å². The van der Waals surface area contributed by atoms with Gasteiger partial charge >= 0.3 is 0 Å². The molecule has 1 saturated carbocycles. The average molecular weight is 338 g/mol. The second kappa shape index (κ2) is 7.59. The van der Waals surface area contributed by atoms with Crippen LogP contribution in [0.2, 0.25) is 0 Å². The Balaban J connectivity index is 1.95. The number of hydrogen-bond acceptors (Lipinski definition) is 4. The summed E-state index contributed by atoms with van der Waals surface area (Å²) in [5, 5.41) is 2.63. The number of carbonyl (C=O) groups excluding carboxylic acids is 2. The zero-order chi connectivity index (χ0) is 16.9. The third-order valence-electron chi connectivity index (χ3n) is 3.97. The average Bonchev–Trinajstić information content (AvgIpc) is 2.97. The lowest BCUT2D eigenvalue weighted by Gasteiger charge is -2.11. The number of carbonyl (C=O) groups is 2. The molecule has 0 radical (unpaired) electrons. The van der Waals surface area contributed by atoms with Gasteiger partial charge in [-0.1, -0.05) is 25.0 Å². The summed E-state index contributed by atoms with van der Waals surface area (Å²) >= 11 is 0. The van der Waals surface area contributed by atoms with Crippen molar-refractivity contribution in [1.29, 1.82) is 0 Å². The molecule has 0 aromatic heterocycles. The first-order valence-corrected chi connectivity index (χ1v) is 9.24. The summed E-state index contributed by atoms with van der Waals surface area (Å²) in [7, 11) is -3.84. The van der Waals surface area contributed by atoms with Crippen molar-refractivity contribution in [2.45, 2.75) is 50.5 Å². The van der Waals surface area contributed by atoms with Crippen LogP contribution >= 0.6 is 0 Å². The van der Waals surface area contributed by atoms with Crippen LogP contribution in [0.15, 0.2) is 29.2 Å². The molecule has 1 aliphatic rings. The van der Waals surface area contributed by atoms with Crippen LogP contribution in [0.4, 0.5) is 0 Å². The van der Waals surface area contributed by atoms with E-state index in [4.69, 9.17) is 0 Å². The van der Waals surface area contributed by atoms with Gasteiger partial charge in [-0.25, -0.2) is 13.1 Å². The first-order chi connectivity index (χ1) is 10.9. The highest BCUT2D eigenvalue weighted by Crippen LogP contribution is 2.27. The molecule has 0 atom stereocenters. The molecule has 0 bridgehead atoms. The molecule has 0 heterocycles. The van der Waals surface area contributed by atoms with Gasteiger partial charge in [-0.2, -0.15) is 0 Å². The highest BCUT2D eigenvalue weighted by atomic mass is 32.2. The van der Waals surface area contributed by atoms with Gasteiger partial charge in [-0.3, -0.25) is 9.59 Å². The maximum absolute atomic E-state index is 12.2. The van der Waals surface area contributed by atoms with Crippen molar-refractivity contribution in [2.75, 3.05) is 0 Å². The summed E-state index contributed by atoms with van der Waals surface area (Å²) in [6, 6.07) is 6.10. The molecule has 6 nitrogen and oxygen atoms in total. The summed E-state index contributed by atoms with van der Waals surface area (Å²) in [4.78, 5) is 22.8. The van der Waals surface area contributed by atoms with E-state index in [1.165, 1.54) is 19.1 Å². The highest BCUT2D eigenvalue weighted by Gasteiger charge is 2.22. The minimum absolute atomic E-state index is 0.0452. The van der Waals surface area contributed by atoms with E-state index in [1.54, 1.807) is 12.1 Å². The van der Waals surface area contributed by atoms with E-state index >= 15 is 0 Å². The van der Waals surface area contributed by atoms with Gasteiger partial charge < -0.3 is 5.32 Å². The summed E-state index contributed by atoms with van der Waals surface area (Å²) in [5.74, 6) is -0.301. The van der Waals surface area contributed by atoms with Gasteiger partial charge in [-0.15, -0.1) is 0 Å². The van der Waals surface area contributed by atoms with Crippen LogP contribution in [0.1, 0.15) is 44.6 Å². The summed E-state index contributed by atoms with van der Waals surface area (Å²) in [5.41, 5.74) is 0.788. The van der Waals surface area contributed by atoms with Crippen molar-refractivity contribution in [3.8, 4) is 0 Å². The van der Waals surface area contributed by atoms with Crippen molar-refractivity contribution in [3.63, 3.8) is 0 Å². The Hall–Kier alpha value is -1.89. The normalized spacial score (nSPS) is 15.3. The van der Waals surface area contributed by atoms with Crippen molar-refractivity contribution in [3.05, 3.63) is 29.8 Å². The third-order valence-corrected chi connectivity index (χ3v) is 5.36. The van der Waals surface area contributed by atoms with Crippen LogP contribution in [-0.4, -0.2) is 20.2 Å². The number of hydrogen-bond donors (Lipinski definition) is 2. The molecule has 23 heavy (non-hydrogen) atoms. The summed E-state index contributed by atoms with van der Waals surface area (Å²) < 4.78 is 26.5. The van der Waals surface area contributed by atoms with E-state index in [0.29, 0.717) is 12.5 Å². The molecule has 2 rings (SSSR count). The lowest BCUT2D eigenvalue weighted by atomic mass is 10.0. The molecular weight excluding hydrogens is 316 g/mol. The zero-order valence-electron chi connectivity index (χ0n) is 13.2. The largest absolute Gasteiger partial charge is 0.352 e. The van der Waals surface area contributed by atoms with Crippen molar-refractivity contribution in [1.82, 2.24) is 10.0 Å². The number of benzene rings is 1. The fraction of sp³-hybridized carbons (Fsp3) is 0.500. The Kier molecular flexibility index (Phi) is 5.76. The molecule has 126 valence electrons. The monoisotopic (exact) mass is 338 g/mol. The van der Waals surface area contributed by atoms with Crippen LogP contribution in [0, 0.1) is 5.92 Å². The van der Waals surface area contributed by atoms with E-state index in [9.17, 15) is 18.0 Å². The molecule has 7 heteroatoms. The molecular formula is C16H22N2O4S. The summed E-state index contributed by atoms with van der Waals surface area (Å²) in [6.45, 7) is 1.75. The molecule has 0 saturated heterocycles. The quantitative estimate of drug-likeness (QED) is 0.826. The van der Waals surface area contributed by atoms with Gasteiger partial charge in [-0.05, 0) is 36.5 Å². The SMILES string of the molecule is CC(=O)NCc1ccc(S(=O)(=O)NC(=O)CC2CCCC2)cc1. The minimum Gasteiger partial charge on any atom is -0.352 e. The first kappa shape index (κ1) is 17.5. The van der Waals surface area contributed by atoms with Gasteiger partial charge in [0.1, 0.15) is 0 Å². The first-order valence-electron chi connectivity index (χ1n) is 7.76. The molecule has 2 amide bonds. The molecule has 0 unspecified atom stereocenters. The Morgan fingerprint density at radius 1 is 1.13 bits per heavy atom. The van der Waals surface area contributed by atoms with E-state index < -0.39 is 15.9 Å². The van der Waals surface area contributed by atoms with E-state index in [-0.39, 0.29) is 17.2 Å². The fourth-order valence-electron chi connectivity index (χ4n) is 2.74. The standard InChI is InChI=1S/C16H22N2O4S/c1-12(19)17-11-14-6-8-15(9-7-14)23(21,22)18-16(20)10-13-4-2-3-5-13/h6-9,13H,2-5,10-11H2,1H3,(H,17,19)(H,18,20). The van der Waals surface area contributed by atoms with Crippen molar-refractivity contribution in [2.24, 2.45) is 5.92 Å². The predicted octanol–water partition coefficient (Wildman–Crippen LogP) is 1.71. The smallest absolute Gasteiger partial charge is 0.264 e. The molecule has 2 N–H and O–H groups in total. The highest BCUT2D eigenvalue weighted by molar-refractivity contribution is 7.90. The maximum Gasteiger partial charge on any atom is 0.264 e. The topological polar surface area (TPSA) is 92.3 Å². The van der Waals surface area contributed by atoms with Gasteiger partial charge in [0, 0.05) is 19.9 Å². The minimum atomic E-state index is -3.84. The molecule has 0 aliphatic heterocycles. The van der Waals surface area contributed by atoms with Crippen molar-refractivity contribution < 1.29 is 18.0 Å². The van der Waals surface area contributed by atoms with Crippen molar-refractivity contribution >= 4 is 21.8 Å². The molecule has 1 fully saturated rings. The number of amides is 2. The maximum atomic E-state index is 12.2. The Morgan fingerprint density at radius 3 is 2.30 bits per heavy atom. The zero-order valence-corrected chi connectivity index (χ0v) is 14.0. The number of sulfonamides is 1. The van der Waals surface area contributed by atoms with Gasteiger partial charge in [0.05, 0.1) is 4.90 Å². The number of nitrogens with one attached hydrogen (secondary N) is 2. The predicted molar refractivity (Wildman–Crippen MR) is 85.9 cm³/mol. The van der Waals surface area contributed by atoms with E-state index in [1.807, 2.05) is 0 Å². The van der Waals surface area contributed by atoms with E-state index in [2.05, 4.69) is 10.0 Å². The van der Waals surface area contributed by atoms with Crippen LogP contribution < -0.4 is 10.0 Å². The second-order valence-corrected chi connectivity index (χ2v) is 7.62. The lowest BCUT2D eigenvalue weighted by molar-refractivity contribution is -0.120. The van der Waals surface area contributed by atoms with E-state index in [0.717, 1.165) is 31.2 Å². The fourth-order valence-corrected chi connectivity index (χ4v) is 3.74. The Bertz CT molecular complexity index is 662. The van der Waals surface area contributed by atoms with Gasteiger partial charge in [0.2, 0.25) is 11.8 Å². The summed E-state index contributed by atoms with van der Waals surface area (Å²) in [6.07, 6.45) is 4.47. The Labute approximate surface area is 136 Å². The van der Waals surface area contributed by atoms with Crippen LogP contribution in [0.5, 0.6) is 0 Å². The Morgan fingerprint density at radius 2 is 1.74 bits per heavy atom. The van der Waals surface area contributed by atoms with Gasteiger partial charge in [0.25, 0.3) is 10.0 Å². The van der Waals surface area contributed by atoms with Crippen LogP contribution in [-0.2, 0) is 26.2 Å². The molecule has 0 spiro atoms.